The number of benzene rings is 1. The molecule has 5 nitrogen and oxygen atoms in total. The Labute approximate surface area is 148 Å². The molecule has 4 rings (SSSR count). The third-order valence-electron chi connectivity index (χ3n) is 5.38. The second-order valence-corrected chi connectivity index (χ2v) is 7.29. The first-order valence-electron chi connectivity index (χ1n) is 9.34. The van der Waals surface area contributed by atoms with Crippen LogP contribution in [0.3, 0.4) is 0 Å². The van der Waals surface area contributed by atoms with Crippen LogP contribution in [-0.4, -0.2) is 22.0 Å². The summed E-state index contributed by atoms with van der Waals surface area (Å²) in [6.45, 7) is 0.593. The van der Waals surface area contributed by atoms with E-state index in [1.807, 2.05) is 23.1 Å². The molecule has 0 spiro atoms. The van der Waals surface area contributed by atoms with Crippen molar-refractivity contribution in [3.05, 3.63) is 47.3 Å². The highest BCUT2D eigenvalue weighted by Crippen LogP contribution is 2.43. The summed E-state index contributed by atoms with van der Waals surface area (Å²) in [5.74, 6) is 0.960. The number of hydrogen-bond donors (Lipinski definition) is 1. The van der Waals surface area contributed by atoms with Crippen LogP contribution < -0.4 is 5.73 Å². The van der Waals surface area contributed by atoms with Crippen molar-refractivity contribution in [1.82, 2.24) is 10.1 Å². The summed E-state index contributed by atoms with van der Waals surface area (Å²) >= 11 is 0. The first-order valence-corrected chi connectivity index (χ1v) is 9.34. The molecule has 2 N–H and O–H groups in total. The number of hydrogen-bond acceptors (Lipinski definition) is 4. The minimum atomic E-state index is -0.0936. The summed E-state index contributed by atoms with van der Waals surface area (Å²) in [6.07, 6.45) is 7.84. The van der Waals surface area contributed by atoms with E-state index in [2.05, 4.69) is 17.3 Å². The molecule has 0 saturated heterocycles. The van der Waals surface area contributed by atoms with Crippen molar-refractivity contribution < 1.29 is 9.32 Å². The molecule has 132 valence electrons. The Kier molecular flexibility index (Phi) is 4.47. The predicted molar refractivity (Wildman–Crippen MR) is 96.1 cm³/mol. The van der Waals surface area contributed by atoms with E-state index < -0.39 is 0 Å². The fourth-order valence-electron chi connectivity index (χ4n) is 3.78. The molecule has 0 aliphatic heterocycles. The van der Waals surface area contributed by atoms with Gasteiger partial charge in [0, 0.05) is 18.5 Å². The van der Waals surface area contributed by atoms with Gasteiger partial charge in [-0.1, -0.05) is 54.8 Å². The number of carbonyl (C=O) groups excluding carboxylic acids is 1. The monoisotopic (exact) mass is 339 g/mol. The van der Waals surface area contributed by atoms with E-state index in [-0.39, 0.29) is 11.9 Å². The number of amides is 1. The molecule has 1 amide bonds. The van der Waals surface area contributed by atoms with Gasteiger partial charge in [0.15, 0.2) is 11.5 Å². The molecule has 2 aliphatic rings. The average molecular weight is 339 g/mol. The second-order valence-electron chi connectivity index (χ2n) is 7.29. The van der Waals surface area contributed by atoms with Crippen molar-refractivity contribution in [3.63, 3.8) is 0 Å². The lowest BCUT2D eigenvalue weighted by Crippen LogP contribution is -2.41. The predicted octanol–water partition coefficient (Wildman–Crippen LogP) is 4.11. The summed E-state index contributed by atoms with van der Waals surface area (Å²) < 4.78 is 5.41. The molecule has 2 fully saturated rings. The van der Waals surface area contributed by atoms with Crippen molar-refractivity contribution in [2.45, 2.75) is 63.5 Å². The van der Waals surface area contributed by atoms with Gasteiger partial charge >= 0.3 is 0 Å². The van der Waals surface area contributed by atoms with Crippen LogP contribution in [0, 0.1) is 0 Å². The zero-order chi connectivity index (χ0) is 17.2. The van der Waals surface area contributed by atoms with Gasteiger partial charge < -0.3 is 15.2 Å². The maximum Gasteiger partial charge on any atom is 0.278 e. The third-order valence-corrected chi connectivity index (χ3v) is 5.38. The van der Waals surface area contributed by atoms with E-state index in [0.29, 0.717) is 29.6 Å². The largest absolute Gasteiger partial charge is 0.394 e. The zero-order valence-electron chi connectivity index (χ0n) is 14.5. The summed E-state index contributed by atoms with van der Waals surface area (Å²) in [7, 11) is 0. The number of carbonyl (C=O) groups is 1. The molecule has 0 bridgehead atoms. The summed E-state index contributed by atoms with van der Waals surface area (Å²) in [5, 5.41) is 4.04. The van der Waals surface area contributed by atoms with Crippen LogP contribution in [0.4, 0.5) is 5.69 Å². The van der Waals surface area contributed by atoms with Crippen molar-refractivity contribution >= 4 is 11.6 Å². The molecular weight excluding hydrogens is 314 g/mol. The molecule has 2 aromatic rings. The number of nitrogens with two attached hydrogens (primary N) is 1. The molecule has 0 atom stereocenters. The highest BCUT2D eigenvalue weighted by atomic mass is 16.5. The van der Waals surface area contributed by atoms with E-state index >= 15 is 0 Å². The zero-order valence-corrected chi connectivity index (χ0v) is 14.5. The van der Waals surface area contributed by atoms with Gasteiger partial charge in [-0.25, -0.2) is 0 Å². The molecule has 0 radical (unpaired) electrons. The molecular formula is C20H25N3O2. The molecule has 5 heteroatoms. The lowest BCUT2D eigenvalue weighted by Gasteiger charge is -2.34. The lowest BCUT2D eigenvalue weighted by atomic mass is 9.93. The summed E-state index contributed by atoms with van der Waals surface area (Å²) in [6, 6.07) is 10.4. The number of anilines is 1. The first-order chi connectivity index (χ1) is 12.2. The topological polar surface area (TPSA) is 72.4 Å². The number of nitrogens with zero attached hydrogens (tertiary/aromatic N) is 2. The van der Waals surface area contributed by atoms with Crippen LogP contribution in [0.1, 0.15) is 72.7 Å². The Bertz CT molecular complexity index is 731. The minimum Gasteiger partial charge on any atom is -0.394 e. The fourth-order valence-corrected chi connectivity index (χ4v) is 3.78. The Morgan fingerprint density at radius 2 is 1.84 bits per heavy atom. The molecule has 0 unspecified atom stereocenters. The quantitative estimate of drug-likeness (QED) is 0.890. The molecule has 1 aromatic heterocycles. The van der Waals surface area contributed by atoms with Crippen LogP contribution >= 0.6 is 0 Å². The summed E-state index contributed by atoms with van der Waals surface area (Å²) in [4.78, 5) is 15.2. The molecule has 1 heterocycles. The van der Waals surface area contributed by atoms with Crippen molar-refractivity contribution in [3.8, 4) is 0 Å². The van der Waals surface area contributed by atoms with Gasteiger partial charge in [-0.05, 0) is 31.2 Å². The van der Waals surface area contributed by atoms with Gasteiger partial charge in [-0.15, -0.1) is 0 Å². The van der Waals surface area contributed by atoms with E-state index in [1.54, 1.807) is 0 Å². The highest BCUT2D eigenvalue weighted by Gasteiger charge is 2.35. The lowest BCUT2D eigenvalue weighted by molar-refractivity contribution is 0.0604. The standard InChI is InChI=1S/C20H25N3O2/c21-17-18(22-25-19(17)15-11-12-15)20(24)23(16-9-5-2-6-10-16)13-14-7-3-1-4-8-14/h1,3-4,7-8,15-16H,2,5-6,9-13,21H2. The van der Waals surface area contributed by atoms with Gasteiger partial charge in [-0.3, -0.25) is 4.79 Å². The third kappa shape index (κ3) is 3.41. The number of aromatic nitrogens is 1. The Morgan fingerprint density at radius 3 is 2.52 bits per heavy atom. The minimum absolute atomic E-state index is 0.0936. The van der Waals surface area contributed by atoms with Gasteiger partial charge in [-0.2, -0.15) is 0 Å². The SMILES string of the molecule is Nc1c(C(=O)N(Cc2ccccc2)C2CCCCC2)noc1C1CC1. The van der Waals surface area contributed by atoms with Gasteiger partial charge in [0.1, 0.15) is 5.69 Å². The van der Waals surface area contributed by atoms with Gasteiger partial charge in [0.25, 0.3) is 5.91 Å². The fraction of sp³-hybridized carbons (Fsp3) is 0.500. The molecule has 1 aromatic carbocycles. The second kappa shape index (κ2) is 6.90. The highest BCUT2D eigenvalue weighted by molar-refractivity contribution is 5.97. The van der Waals surface area contributed by atoms with E-state index in [4.69, 9.17) is 10.3 Å². The van der Waals surface area contributed by atoms with Crippen LogP contribution in [0.25, 0.3) is 0 Å². The molecule has 25 heavy (non-hydrogen) atoms. The molecule has 2 aliphatic carbocycles. The van der Waals surface area contributed by atoms with Gasteiger partial charge in [0.05, 0.1) is 0 Å². The molecule has 2 saturated carbocycles. The maximum atomic E-state index is 13.2. The normalized spacial score (nSPS) is 18.2. The maximum absolute atomic E-state index is 13.2. The van der Waals surface area contributed by atoms with Gasteiger partial charge in [0.2, 0.25) is 0 Å². The van der Waals surface area contributed by atoms with E-state index in [0.717, 1.165) is 31.2 Å². The van der Waals surface area contributed by atoms with E-state index in [9.17, 15) is 4.79 Å². The smallest absolute Gasteiger partial charge is 0.278 e. The van der Waals surface area contributed by atoms with Crippen LogP contribution in [0.2, 0.25) is 0 Å². The van der Waals surface area contributed by atoms with Crippen LogP contribution in [0.5, 0.6) is 0 Å². The van der Waals surface area contributed by atoms with Crippen LogP contribution in [-0.2, 0) is 6.54 Å². The summed E-state index contributed by atoms with van der Waals surface area (Å²) in [5.41, 5.74) is 8.07. The van der Waals surface area contributed by atoms with Crippen molar-refractivity contribution in [1.29, 1.82) is 0 Å². The van der Waals surface area contributed by atoms with Crippen LogP contribution in [0.15, 0.2) is 34.9 Å². The van der Waals surface area contributed by atoms with Crippen molar-refractivity contribution in [2.24, 2.45) is 0 Å². The first kappa shape index (κ1) is 16.2. The Morgan fingerprint density at radius 1 is 1.12 bits per heavy atom. The Balaban J connectivity index is 1.60. The average Bonchev–Trinajstić information content (AvgIpc) is 3.43. The van der Waals surface area contributed by atoms with Crippen molar-refractivity contribution in [2.75, 3.05) is 5.73 Å². The Hall–Kier alpha value is -2.30. The number of nitrogen functional groups attached to an aromatic ring is 1. The van der Waals surface area contributed by atoms with E-state index in [1.165, 1.54) is 19.3 Å². The number of rotatable bonds is 5.